The second-order valence-electron chi connectivity index (χ2n) is 8.66. The molecule has 1 aliphatic rings. The maximum absolute atomic E-state index is 14.7. The molecule has 2 aromatic rings. The summed E-state index contributed by atoms with van der Waals surface area (Å²) in [6, 6.07) is 4.42. The molecule has 0 saturated heterocycles. The Balaban J connectivity index is 1.72. The number of carbonyl (C=O) groups excluding carboxylic acids is 1. The molecule has 3 N–H and O–H groups in total. The number of alkyl halides is 2. The smallest absolute Gasteiger partial charge is 0.248 e. The van der Waals surface area contributed by atoms with Gasteiger partial charge in [-0.2, -0.15) is 4.98 Å². The van der Waals surface area contributed by atoms with E-state index < -0.39 is 11.7 Å². The number of hydrogen-bond acceptors (Lipinski definition) is 8. The van der Waals surface area contributed by atoms with E-state index in [0.717, 1.165) is 0 Å². The molecule has 1 aromatic carbocycles. The third kappa shape index (κ3) is 6.62. The molecular weight excluding hydrogens is 465 g/mol. The number of aliphatic imine (C=N–C) groups is 1. The fourth-order valence-corrected chi connectivity index (χ4v) is 4.49. The number of rotatable bonds is 9. The van der Waals surface area contributed by atoms with Crippen molar-refractivity contribution in [2.75, 3.05) is 28.2 Å². The first kappa shape index (κ1) is 25.8. The second kappa shape index (κ2) is 11.1. The van der Waals surface area contributed by atoms with Gasteiger partial charge in [0.1, 0.15) is 17.2 Å². The van der Waals surface area contributed by atoms with Gasteiger partial charge in [0.05, 0.1) is 11.9 Å². The lowest BCUT2D eigenvalue weighted by atomic mass is 9.88. The third-order valence-electron chi connectivity index (χ3n) is 5.83. The van der Waals surface area contributed by atoms with Crippen molar-refractivity contribution in [3.8, 4) is 0 Å². The highest BCUT2D eigenvalue weighted by Crippen LogP contribution is 2.37. The van der Waals surface area contributed by atoms with E-state index in [1.54, 1.807) is 6.07 Å². The summed E-state index contributed by atoms with van der Waals surface area (Å²) in [6.45, 7) is 3.93. The van der Waals surface area contributed by atoms with Crippen LogP contribution in [0.2, 0.25) is 0 Å². The quantitative estimate of drug-likeness (QED) is 0.279. The molecule has 1 saturated carbocycles. The number of benzene rings is 1. The molecule has 0 amide bonds. The summed E-state index contributed by atoms with van der Waals surface area (Å²) >= 11 is 1.29. The highest BCUT2D eigenvalue weighted by atomic mass is 32.2. The number of halogens is 3. The lowest BCUT2D eigenvalue weighted by Gasteiger charge is -2.27. The molecule has 0 spiro atoms. The van der Waals surface area contributed by atoms with Gasteiger partial charge in [-0.05, 0) is 44.7 Å². The van der Waals surface area contributed by atoms with E-state index in [1.165, 1.54) is 30.3 Å². The van der Waals surface area contributed by atoms with Crippen LogP contribution in [-0.4, -0.2) is 46.7 Å². The number of hydrogen-bond donors (Lipinski definition) is 2. The summed E-state index contributed by atoms with van der Waals surface area (Å²) in [4.78, 5) is 26.2. The van der Waals surface area contributed by atoms with Gasteiger partial charge in [0.2, 0.25) is 11.9 Å². The monoisotopic (exact) mass is 494 g/mol. The number of anilines is 3. The largest absolute Gasteiger partial charge is 0.368 e. The van der Waals surface area contributed by atoms with Crippen molar-refractivity contribution in [2.24, 2.45) is 10.9 Å². The molecule has 11 heteroatoms. The van der Waals surface area contributed by atoms with Crippen molar-refractivity contribution in [3.05, 3.63) is 35.8 Å². The lowest BCUT2D eigenvalue weighted by Crippen LogP contribution is -2.27. The Bertz CT molecular complexity index is 1040. The van der Waals surface area contributed by atoms with E-state index in [9.17, 15) is 18.0 Å². The minimum absolute atomic E-state index is 0.0213. The summed E-state index contributed by atoms with van der Waals surface area (Å²) in [5.41, 5.74) is 6.62. The van der Waals surface area contributed by atoms with Crippen LogP contribution in [0, 0.1) is 11.7 Å². The number of nitrogens with one attached hydrogen (secondary N) is 1. The molecule has 0 atom stereocenters. The molecule has 7 nitrogen and oxygen atoms in total. The van der Waals surface area contributed by atoms with Gasteiger partial charge in [-0.15, -0.1) is 0 Å². The van der Waals surface area contributed by atoms with Gasteiger partial charge in [0.15, 0.2) is 12.1 Å². The Kier molecular flexibility index (Phi) is 8.40. The van der Waals surface area contributed by atoms with Crippen LogP contribution < -0.4 is 15.4 Å². The first-order valence-corrected chi connectivity index (χ1v) is 12.0. The van der Waals surface area contributed by atoms with Crippen LogP contribution in [0.1, 0.15) is 45.1 Å². The van der Waals surface area contributed by atoms with Crippen molar-refractivity contribution in [1.29, 1.82) is 0 Å². The summed E-state index contributed by atoms with van der Waals surface area (Å²) < 4.78 is 44.2. The number of aldehydes is 1. The Morgan fingerprint density at radius 3 is 2.71 bits per heavy atom. The standard InChI is InChI=1S/C23H29F3N6OS/c1-14(2)32(3)21-19(11-28-22(27)30-21)29-20(12-33)16-4-5-18(17(24)10-16)31-34-13-15-6-8-23(25,26)9-7-15/h4-5,10-12,14-15,31H,6-9,13H2,1-3H3,(H2,27,28,30)/b29-20+. The van der Waals surface area contributed by atoms with Crippen molar-refractivity contribution in [2.45, 2.75) is 51.5 Å². The lowest BCUT2D eigenvalue weighted by molar-refractivity contribution is -0.102. The van der Waals surface area contributed by atoms with E-state index in [4.69, 9.17) is 5.73 Å². The molecule has 34 heavy (non-hydrogen) atoms. The second-order valence-corrected chi connectivity index (χ2v) is 9.49. The zero-order chi connectivity index (χ0) is 24.9. The van der Waals surface area contributed by atoms with Gasteiger partial charge in [-0.3, -0.25) is 4.79 Å². The molecule has 3 rings (SSSR count). The molecule has 1 aliphatic carbocycles. The predicted molar refractivity (Wildman–Crippen MR) is 132 cm³/mol. The van der Waals surface area contributed by atoms with Crippen LogP contribution in [0.25, 0.3) is 0 Å². The van der Waals surface area contributed by atoms with Crippen LogP contribution >= 0.6 is 11.9 Å². The number of aromatic nitrogens is 2. The summed E-state index contributed by atoms with van der Waals surface area (Å²) in [7, 11) is 1.82. The van der Waals surface area contributed by atoms with Crippen molar-refractivity contribution in [1.82, 2.24) is 9.97 Å². The first-order chi connectivity index (χ1) is 16.1. The van der Waals surface area contributed by atoms with Gasteiger partial charge < -0.3 is 15.4 Å². The summed E-state index contributed by atoms with van der Waals surface area (Å²) in [6.07, 6.45) is 2.71. The van der Waals surface area contributed by atoms with Crippen molar-refractivity contribution < 1.29 is 18.0 Å². The van der Waals surface area contributed by atoms with E-state index >= 15 is 0 Å². The maximum Gasteiger partial charge on any atom is 0.248 e. The SMILES string of the molecule is CC(C)N(C)c1nc(N)ncc1/N=C(\C=O)c1ccc(NSCC2CCC(F)(F)CC2)c(F)c1. The fraction of sp³-hybridized carbons (Fsp3) is 0.478. The Morgan fingerprint density at radius 1 is 1.38 bits per heavy atom. The van der Waals surface area contributed by atoms with Crippen LogP contribution in [0.15, 0.2) is 29.4 Å². The highest BCUT2D eigenvalue weighted by molar-refractivity contribution is 8.00. The minimum Gasteiger partial charge on any atom is -0.368 e. The van der Waals surface area contributed by atoms with E-state index in [0.29, 0.717) is 41.9 Å². The maximum atomic E-state index is 14.7. The highest BCUT2D eigenvalue weighted by Gasteiger charge is 2.34. The van der Waals surface area contributed by atoms with Crippen molar-refractivity contribution in [3.63, 3.8) is 0 Å². The summed E-state index contributed by atoms with van der Waals surface area (Å²) in [5.74, 6) is -1.79. The third-order valence-corrected chi connectivity index (χ3v) is 6.83. The average molecular weight is 495 g/mol. The zero-order valence-electron chi connectivity index (χ0n) is 19.4. The fourth-order valence-electron chi connectivity index (χ4n) is 3.51. The molecule has 0 radical (unpaired) electrons. The molecule has 1 fully saturated rings. The minimum atomic E-state index is -2.56. The Morgan fingerprint density at radius 2 is 2.09 bits per heavy atom. The Hall–Kier alpha value is -2.82. The van der Waals surface area contributed by atoms with Crippen LogP contribution in [0.4, 0.5) is 36.3 Å². The summed E-state index contributed by atoms with van der Waals surface area (Å²) in [5, 5.41) is 0. The number of nitrogen functional groups attached to an aromatic ring is 1. The van der Waals surface area contributed by atoms with Gasteiger partial charge in [0, 0.05) is 37.2 Å². The molecule has 0 unspecified atom stereocenters. The van der Waals surface area contributed by atoms with E-state index in [2.05, 4.69) is 19.7 Å². The van der Waals surface area contributed by atoms with Gasteiger partial charge >= 0.3 is 0 Å². The Labute approximate surface area is 201 Å². The molecular formula is C23H29F3N6OS. The topological polar surface area (TPSA) is 96.5 Å². The molecule has 184 valence electrons. The van der Waals surface area contributed by atoms with E-state index in [1.807, 2.05) is 25.8 Å². The van der Waals surface area contributed by atoms with Crippen LogP contribution in [-0.2, 0) is 4.79 Å². The molecule has 1 heterocycles. The van der Waals surface area contributed by atoms with Gasteiger partial charge in [-0.1, -0.05) is 18.0 Å². The van der Waals surface area contributed by atoms with Crippen molar-refractivity contribution >= 4 is 47.1 Å². The van der Waals surface area contributed by atoms with Gasteiger partial charge in [-0.25, -0.2) is 23.1 Å². The number of nitrogens with two attached hydrogens (primary N) is 1. The zero-order valence-corrected chi connectivity index (χ0v) is 20.2. The average Bonchev–Trinajstić information content (AvgIpc) is 2.79. The number of carbonyl (C=O) groups is 1. The molecule has 0 aliphatic heterocycles. The van der Waals surface area contributed by atoms with Gasteiger partial charge in [0.25, 0.3) is 0 Å². The number of nitrogens with zero attached hydrogens (tertiary/aromatic N) is 4. The predicted octanol–water partition coefficient (Wildman–Crippen LogP) is 5.25. The molecule has 0 bridgehead atoms. The first-order valence-electron chi connectivity index (χ1n) is 11.0. The van der Waals surface area contributed by atoms with Crippen LogP contribution in [0.3, 0.4) is 0 Å². The molecule has 1 aromatic heterocycles. The normalized spacial score (nSPS) is 16.5. The van der Waals surface area contributed by atoms with E-state index in [-0.39, 0.29) is 42.1 Å². The van der Waals surface area contributed by atoms with Crippen LogP contribution in [0.5, 0.6) is 0 Å².